The molecule has 2 aromatic carbocycles. The quantitative estimate of drug-likeness (QED) is 0.0975. The highest BCUT2D eigenvalue weighted by Gasteiger charge is 2.22. The molecule has 200 valence electrons. The van der Waals surface area contributed by atoms with E-state index < -0.39 is 6.10 Å². The molecule has 6 nitrogen and oxygen atoms in total. The topological polar surface area (TPSA) is 88.9 Å². The molecule has 0 amide bonds. The molecule has 0 saturated heterocycles. The van der Waals surface area contributed by atoms with E-state index >= 15 is 0 Å². The number of thioether (sulfide) groups is 2. The van der Waals surface area contributed by atoms with Gasteiger partial charge in [-0.15, -0.1) is 0 Å². The van der Waals surface area contributed by atoms with Crippen LogP contribution in [0.15, 0.2) is 64.9 Å². The molecule has 1 unspecified atom stereocenters. The maximum absolute atomic E-state index is 10.4. The largest absolute Gasteiger partial charge is 0.383 e. The first-order chi connectivity index (χ1) is 18.1. The lowest BCUT2D eigenvalue weighted by molar-refractivity contribution is 0.112. The molecular formula is C24H18Cl6N4O2S2. The number of hydrogen-bond acceptors (Lipinski definition) is 8. The van der Waals surface area contributed by atoms with E-state index in [1.807, 2.05) is 12.5 Å². The number of aromatic nitrogens is 4. The fourth-order valence-corrected chi connectivity index (χ4v) is 4.98. The molecule has 38 heavy (non-hydrogen) atoms. The van der Waals surface area contributed by atoms with Crippen LogP contribution in [-0.2, 0) is 0 Å². The number of halogens is 6. The standard InChI is InChI=1S/C12H9Cl3N2OS.C7H5ClO.C5H4Cl2N2S/c1-19-12-16-10(14)8(11(15)17-12)9(18)6-4-2-3-5-7(6)13;8-7-4-2-1-3-6(7)5-9;1-10-5-8-3(6)2-4(7)9-5/h2-5,9,18H,1H3;1-5H;2H,1H3. The number of carbonyl (C=O) groups is 1. The summed E-state index contributed by atoms with van der Waals surface area (Å²) in [6.07, 6.45) is 3.35. The lowest BCUT2D eigenvalue weighted by atomic mass is 10.0. The normalized spacial score (nSPS) is 11.0. The van der Waals surface area contributed by atoms with E-state index in [-0.39, 0.29) is 15.9 Å². The molecule has 0 aliphatic heterocycles. The highest BCUT2D eigenvalue weighted by Crippen LogP contribution is 2.35. The number of nitrogens with zero attached hydrogens (tertiary/aromatic N) is 4. The monoisotopic (exact) mass is 668 g/mol. The van der Waals surface area contributed by atoms with Crippen LogP contribution in [-0.4, -0.2) is 43.8 Å². The molecule has 2 heterocycles. The Balaban J connectivity index is 0.000000224. The summed E-state index contributed by atoms with van der Waals surface area (Å²) in [4.78, 5) is 26.0. The third-order valence-corrected chi connectivity index (χ3v) is 7.09. The van der Waals surface area contributed by atoms with E-state index in [4.69, 9.17) is 69.6 Å². The maximum atomic E-state index is 10.4. The summed E-state index contributed by atoms with van der Waals surface area (Å²) in [5.74, 6) is 0. The summed E-state index contributed by atoms with van der Waals surface area (Å²) in [6.45, 7) is 0. The van der Waals surface area contributed by atoms with Crippen molar-refractivity contribution in [1.29, 1.82) is 0 Å². The number of aliphatic hydroxyl groups is 1. The molecule has 0 saturated carbocycles. The summed E-state index contributed by atoms with van der Waals surface area (Å²) >= 11 is 37.6. The first-order valence-electron chi connectivity index (χ1n) is 10.2. The summed E-state index contributed by atoms with van der Waals surface area (Å²) < 4.78 is 0. The predicted octanol–water partition coefficient (Wildman–Crippen LogP) is 8.90. The molecular weight excluding hydrogens is 653 g/mol. The minimum Gasteiger partial charge on any atom is -0.383 e. The van der Waals surface area contributed by atoms with Crippen molar-refractivity contribution in [3.05, 3.63) is 102 Å². The summed E-state index contributed by atoms with van der Waals surface area (Å²) in [7, 11) is 0. The van der Waals surface area contributed by atoms with Crippen molar-refractivity contribution >= 4 is 99.4 Å². The van der Waals surface area contributed by atoms with Crippen LogP contribution >= 0.6 is 93.1 Å². The van der Waals surface area contributed by atoms with Gasteiger partial charge in [-0.1, -0.05) is 130 Å². The van der Waals surface area contributed by atoms with Crippen molar-refractivity contribution in [2.75, 3.05) is 12.5 Å². The van der Waals surface area contributed by atoms with E-state index in [0.29, 0.717) is 41.8 Å². The Morgan fingerprint density at radius 2 is 1.21 bits per heavy atom. The van der Waals surface area contributed by atoms with E-state index in [1.165, 1.54) is 29.6 Å². The Kier molecular flexibility index (Phi) is 14.4. The van der Waals surface area contributed by atoms with Crippen LogP contribution < -0.4 is 0 Å². The Morgan fingerprint density at radius 3 is 1.66 bits per heavy atom. The highest BCUT2D eigenvalue weighted by molar-refractivity contribution is 7.98. The molecule has 0 aliphatic rings. The third kappa shape index (κ3) is 10.0. The minimum absolute atomic E-state index is 0.122. The molecule has 0 spiro atoms. The van der Waals surface area contributed by atoms with Crippen LogP contribution in [0.3, 0.4) is 0 Å². The minimum atomic E-state index is -1.07. The Morgan fingerprint density at radius 1 is 0.737 bits per heavy atom. The van der Waals surface area contributed by atoms with Gasteiger partial charge in [-0.3, -0.25) is 4.79 Å². The van der Waals surface area contributed by atoms with Crippen LogP contribution in [0.5, 0.6) is 0 Å². The van der Waals surface area contributed by atoms with Gasteiger partial charge < -0.3 is 5.11 Å². The third-order valence-electron chi connectivity index (χ3n) is 4.35. The average Bonchev–Trinajstić information content (AvgIpc) is 2.89. The van der Waals surface area contributed by atoms with Crippen LogP contribution in [0.2, 0.25) is 30.7 Å². The molecule has 1 N–H and O–H groups in total. The van der Waals surface area contributed by atoms with Crippen LogP contribution in [0.4, 0.5) is 0 Å². The number of aldehydes is 1. The molecule has 0 bridgehead atoms. The zero-order chi connectivity index (χ0) is 28.2. The predicted molar refractivity (Wildman–Crippen MR) is 160 cm³/mol. The van der Waals surface area contributed by atoms with Gasteiger partial charge in [0.15, 0.2) is 16.6 Å². The number of carbonyl (C=O) groups excluding carboxylic acids is 1. The van der Waals surface area contributed by atoms with Gasteiger partial charge >= 0.3 is 0 Å². The van der Waals surface area contributed by atoms with E-state index in [9.17, 15) is 9.90 Å². The van der Waals surface area contributed by atoms with Crippen molar-refractivity contribution in [1.82, 2.24) is 19.9 Å². The Bertz CT molecular complexity index is 1340. The Labute approximate surface area is 258 Å². The SMILES string of the molecule is CSc1nc(Cl)c(C(O)c2ccccc2Cl)c(Cl)n1.CSc1nc(Cl)cc(Cl)n1.O=Cc1ccccc1Cl. The van der Waals surface area contributed by atoms with Crippen molar-refractivity contribution in [3.8, 4) is 0 Å². The number of aliphatic hydroxyl groups excluding tert-OH is 1. The fourth-order valence-electron chi connectivity index (χ4n) is 2.60. The Hall–Kier alpha value is -1.33. The zero-order valence-corrected chi connectivity index (χ0v) is 25.7. The van der Waals surface area contributed by atoms with E-state index in [1.54, 1.807) is 48.5 Å². The number of benzene rings is 2. The first-order valence-corrected chi connectivity index (χ1v) is 15.0. The lowest BCUT2D eigenvalue weighted by Crippen LogP contribution is -2.05. The summed E-state index contributed by atoms with van der Waals surface area (Å²) in [5, 5.41) is 13.3. The van der Waals surface area contributed by atoms with E-state index in [0.717, 1.165) is 6.29 Å². The fraction of sp³-hybridized carbons (Fsp3) is 0.125. The van der Waals surface area contributed by atoms with Gasteiger partial charge in [0, 0.05) is 22.2 Å². The zero-order valence-electron chi connectivity index (χ0n) is 19.6. The van der Waals surface area contributed by atoms with E-state index in [2.05, 4.69) is 19.9 Å². The molecule has 2 aromatic heterocycles. The lowest BCUT2D eigenvalue weighted by Gasteiger charge is -2.15. The smallest absolute Gasteiger partial charge is 0.190 e. The van der Waals surface area contributed by atoms with Gasteiger partial charge in [-0.25, -0.2) is 19.9 Å². The molecule has 4 rings (SSSR count). The molecule has 4 aromatic rings. The summed E-state index contributed by atoms with van der Waals surface area (Å²) in [5.41, 5.74) is 1.31. The van der Waals surface area contributed by atoms with Crippen molar-refractivity contribution in [2.45, 2.75) is 16.4 Å². The molecule has 14 heteroatoms. The van der Waals surface area contributed by atoms with Gasteiger partial charge in [0.05, 0.1) is 10.6 Å². The van der Waals surface area contributed by atoms with Gasteiger partial charge in [0.25, 0.3) is 0 Å². The number of rotatable bonds is 5. The van der Waals surface area contributed by atoms with Gasteiger partial charge in [0.2, 0.25) is 0 Å². The summed E-state index contributed by atoms with van der Waals surface area (Å²) in [6, 6.07) is 15.3. The maximum Gasteiger partial charge on any atom is 0.190 e. The van der Waals surface area contributed by atoms with Gasteiger partial charge in [-0.05, 0) is 24.6 Å². The van der Waals surface area contributed by atoms with Gasteiger partial charge in [0.1, 0.15) is 26.7 Å². The highest BCUT2D eigenvalue weighted by atomic mass is 35.5. The van der Waals surface area contributed by atoms with Crippen LogP contribution in [0.1, 0.15) is 27.6 Å². The molecule has 0 aliphatic carbocycles. The second-order valence-electron chi connectivity index (χ2n) is 6.77. The van der Waals surface area contributed by atoms with Crippen molar-refractivity contribution in [2.24, 2.45) is 0 Å². The second-order valence-corrected chi connectivity index (χ2v) is 10.6. The molecule has 0 radical (unpaired) electrons. The second kappa shape index (κ2) is 16.7. The van der Waals surface area contributed by atoms with Crippen molar-refractivity contribution in [3.63, 3.8) is 0 Å². The van der Waals surface area contributed by atoms with Crippen LogP contribution in [0.25, 0.3) is 0 Å². The van der Waals surface area contributed by atoms with Crippen molar-refractivity contribution < 1.29 is 9.90 Å². The molecule has 1 atom stereocenters. The molecule has 0 fully saturated rings. The van der Waals surface area contributed by atoms with Gasteiger partial charge in [-0.2, -0.15) is 0 Å². The average molecular weight is 671 g/mol. The number of hydrogen-bond donors (Lipinski definition) is 1. The first kappa shape index (κ1) is 32.9. The van der Waals surface area contributed by atoms with Crippen LogP contribution in [0, 0.1) is 0 Å².